The van der Waals surface area contributed by atoms with Crippen LogP contribution < -0.4 is 4.74 Å². The highest BCUT2D eigenvalue weighted by Crippen LogP contribution is 2.41. The first-order valence-electron chi connectivity index (χ1n) is 10.8. The van der Waals surface area contributed by atoms with Gasteiger partial charge in [0.2, 0.25) is 5.91 Å². The van der Waals surface area contributed by atoms with Gasteiger partial charge in [0, 0.05) is 31.2 Å². The normalized spacial score (nSPS) is 25.2. The lowest BCUT2D eigenvalue weighted by Gasteiger charge is -2.58. The summed E-state index contributed by atoms with van der Waals surface area (Å²) in [4.78, 5) is 32.4. The molecule has 0 saturated carbocycles. The summed E-state index contributed by atoms with van der Waals surface area (Å²) in [7, 11) is 1.64. The van der Waals surface area contributed by atoms with Gasteiger partial charge in [-0.3, -0.25) is 24.3 Å². The Labute approximate surface area is 192 Å². The number of aliphatic hydroxyl groups is 1. The van der Waals surface area contributed by atoms with E-state index < -0.39 is 17.7 Å². The maximum atomic E-state index is 13.7. The van der Waals surface area contributed by atoms with Crippen LogP contribution in [-0.2, 0) is 22.7 Å². The molecule has 0 aliphatic carbocycles. The molecule has 3 aliphatic heterocycles. The van der Waals surface area contributed by atoms with E-state index in [1.54, 1.807) is 19.2 Å². The first kappa shape index (κ1) is 21.4. The summed E-state index contributed by atoms with van der Waals surface area (Å²) in [6.45, 7) is 2.31. The van der Waals surface area contributed by atoms with E-state index in [9.17, 15) is 14.7 Å². The Morgan fingerprint density at radius 2 is 1.84 bits per heavy atom. The second kappa shape index (κ2) is 8.15. The van der Waals surface area contributed by atoms with Gasteiger partial charge in [0.05, 0.1) is 25.8 Å². The molecule has 5 rings (SSSR count). The maximum absolute atomic E-state index is 13.7. The fourth-order valence-corrected chi connectivity index (χ4v) is 5.47. The largest absolute Gasteiger partial charge is 0.497 e. The molecule has 1 spiro atoms. The van der Waals surface area contributed by atoms with Gasteiger partial charge in [-0.05, 0) is 41.8 Å². The SMILES string of the molecule is COc1ccc(CN2CC3(C2)C(=O)N(Cc2cccc(Cl)c2)C(=O)C2CC(O)CN23)cc1. The monoisotopic (exact) mass is 455 g/mol. The van der Waals surface area contributed by atoms with Crippen LogP contribution in [0.4, 0.5) is 0 Å². The number of methoxy groups -OCH3 is 1. The number of benzene rings is 2. The number of fused-ring (bicyclic) bond motifs is 2. The molecule has 2 aromatic rings. The number of aliphatic hydroxyl groups excluding tert-OH is 1. The summed E-state index contributed by atoms with van der Waals surface area (Å²) in [6, 6.07) is 14.7. The van der Waals surface area contributed by atoms with Gasteiger partial charge in [-0.2, -0.15) is 0 Å². The van der Waals surface area contributed by atoms with E-state index in [2.05, 4.69) is 4.90 Å². The van der Waals surface area contributed by atoms with Gasteiger partial charge < -0.3 is 9.84 Å². The van der Waals surface area contributed by atoms with Crippen molar-refractivity contribution in [1.29, 1.82) is 0 Å². The molecule has 0 bridgehead atoms. The van der Waals surface area contributed by atoms with E-state index >= 15 is 0 Å². The fraction of sp³-hybridized carbons (Fsp3) is 0.417. The topological polar surface area (TPSA) is 73.3 Å². The van der Waals surface area contributed by atoms with Gasteiger partial charge in [0.15, 0.2) is 0 Å². The number of amides is 2. The molecule has 2 aromatic carbocycles. The third kappa shape index (κ3) is 3.59. The van der Waals surface area contributed by atoms with Crippen LogP contribution >= 0.6 is 11.6 Å². The highest BCUT2D eigenvalue weighted by molar-refractivity contribution is 6.30. The Kier molecular flexibility index (Phi) is 5.45. The van der Waals surface area contributed by atoms with Crippen LogP contribution in [0.2, 0.25) is 5.02 Å². The molecule has 8 heteroatoms. The molecule has 1 N–H and O–H groups in total. The van der Waals surface area contributed by atoms with Crippen molar-refractivity contribution in [3.05, 3.63) is 64.7 Å². The van der Waals surface area contributed by atoms with Crippen LogP contribution in [0.5, 0.6) is 5.75 Å². The Bertz CT molecular complexity index is 1040. The molecular formula is C24H26ClN3O4. The third-order valence-electron chi connectivity index (χ3n) is 6.79. The molecule has 7 nitrogen and oxygen atoms in total. The molecule has 32 heavy (non-hydrogen) atoms. The summed E-state index contributed by atoms with van der Waals surface area (Å²) in [5.74, 6) is 0.393. The number of hydrogen-bond donors (Lipinski definition) is 1. The smallest absolute Gasteiger partial charge is 0.252 e. The van der Waals surface area contributed by atoms with Gasteiger partial charge in [-0.25, -0.2) is 0 Å². The van der Waals surface area contributed by atoms with Gasteiger partial charge in [-0.1, -0.05) is 35.9 Å². The summed E-state index contributed by atoms with van der Waals surface area (Å²) >= 11 is 6.11. The highest BCUT2D eigenvalue weighted by Gasteiger charge is 2.64. The second-order valence-electron chi connectivity index (χ2n) is 8.94. The number of piperazine rings is 1. The number of ether oxygens (including phenoxy) is 1. The van der Waals surface area contributed by atoms with Crippen LogP contribution in [0, 0.1) is 0 Å². The van der Waals surface area contributed by atoms with Crippen LogP contribution in [0.25, 0.3) is 0 Å². The average Bonchev–Trinajstić information content (AvgIpc) is 3.15. The molecule has 3 aliphatic rings. The maximum Gasteiger partial charge on any atom is 0.252 e. The predicted octanol–water partition coefficient (Wildman–Crippen LogP) is 1.91. The lowest BCUT2D eigenvalue weighted by molar-refractivity contribution is -0.181. The molecule has 2 amide bonds. The number of likely N-dealkylation sites (tertiary alicyclic amines) is 1. The number of carbonyl (C=O) groups is 2. The minimum atomic E-state index is -0.777. The van der Waals surface area contributed by atoms with E-state index in [0.717, 1.165) is 16.9 Å². The summed E-state index contributed by atoms with van der Waals surface area (Å²) in [5.41, 5.74) is 1.17. The number of carbonyl (C=O) groups excluding carboxylic acids is 2. The number of hydrogen-bond acceptors (Lipinski definition) is 6. The Morgan fingerprint density at radius 3 is 2.53 bits per heavy atom. The van der Waals surface area contributed by atoms with Crippen molar-refractivity contribution in [3.8, 4) is 5.75 Å². The van der Waals surface area contributed by atoms with E-state index in [0.29, 0.717) is 37.6 Å². The van der Waals surface area contributed by atoms with Crippen molar-refractivity contribution in [2.75, 3.05) is 26.7 Å². The predicted molar refractivity (Wildman–Crippen MR) is 119 cm³/mol. The van der Waals surface area contributed by atoms with Gasteiger partial charge in [0.25, 0.3) is 5.91 Å². The first-order valence-corrected chi connectivity index (χ1v) is 11.2. The number of β-amino-alcohol motifs (C(OH)–C–C–N with tert-alkyl or cyclic N) is 1. The number of nitrogens with zero attached hydrogens (tertiary/aromatic N) is 3. The molecule has 3 heterocycles. The van der Waals surface area contributed by atoms with Crippen molar-refractivity contribution in [2.45, 2.75) is 37.2 Å². The van der Waals surface area contributed by atoms with E-state index in [1.165, 1.54) is 4.90 Å². The quantitative estimate of drug-likeness (QED) is 0.694. The summed E-state index contributed by atoms with van der Waals surface area (Å²) < 4.78 is 5.22. The summed E-state index contributed by atoms with van der Waals surface area (Å²) in [6.07, 6.45) is -0.242. The molecular weight excluding hydrogens is 430 g/mol. The minimum Gasteiger partial charge on any atom is -0.497 e. The lowest BCUT2D eigenvalue weighted by Crippen LogP contribution is -2.81. The summed E-state index contributed by atoms with van der Waals surface area (Å²) in [5, 5.41) is 10.9. The standard InChI is InChI=1S/C24H26ClN3O4/c1-32-20-7-5-16(6-8-20)11-26-14-24(15-26)23(31)27(12-17-3-2-4-18(25)9-17)22(30)21-10-19(29)13-28(21)24/h2-9,19,21,29H,10-15H2,1H3. The molecule has 3 saturated heterocycles. The highest BCUT2D eigenvalue weighted by atomic mass is 35.5. The molecule has 3 fully saturated rings. The fourth-order valence-electron chi connectivity index (χ4n) is 5.25. The van der Waals surface area contributed by atoms with Crippen molar-refractivity contribution in [1.82, 2.24) is 14.7 Å². The molecule has 168 valence electrons. The first-order chi connectivity index (χ1) is 15.4. The van der Waals surface area contributed by atoms with Crippen molar-refractivity contribution < 1.29 is 19.4 Å². The zero-order valence-electron chi connectivity index (χ0n) is 17.9. The van der Waals surface area contributed by atoms with Crippen molar-refractivity contribution in [2.24, 2.45) is 0 Å². The van der Waals surface area contributed by atoms with Crippen molar-refractivity contribution in [3.63, 3.8) is 0 Å². The van der Waals surface area contributed by atoms with E-state index in [-0.39, 0.29) is 18.4 Å². The molecule has 2 atom stereocenters. The van der Waals surface area contributed by atoms with Crippen molar-refractivity contribution >= 4 is 23.4 Å². The zero-order valence-corrected chi connectivity index (χ0v) is 18.7. The number of halogens is 1. The van der Waals surface area contributed by atoms with Crippen LogP contribution in [0.3, 0.4) is 0 Å². The van der Waals surface area contributed by atoms with Gasteiger partial charge >= 0.3 is 0 Å². The molecule has 2 unspecified atom stereocenters. The van der Waals surface area contributed by atoms with Gasteiger partial charge in [-0.15, -0.1) is 0 Å². The Balaban J connectivity index is 1.37. The van der Waals surface area contributed by atoms with Gasteiger partial charge in [0.1, 0.15) is 11.3 Å². The average molecular weight is 456 g/mol. The number of rotatable bonds is 5. The molecule has 0 aromatic heterocycles. The van der Waals surface area contributed by atoms with Crippen LogP contribution in [0.15, 0.2) is 48.5 Å². The van der Waals surface area contributed by atoms with Crippen LogP contribution in [0.1, 0.15) is 17.5 Å². The van der Waals surface area contributed by atoms with Crippen LogP contribution in [-0.4, -0.2) is 76.0 Å². The second-order valence-corrected chi connectivity index (χ2v) is 9.38. The Hall–Kier alpha value is -2.45. The number of imide groups is 1. The van der Waals surface area contributed by atoms with E-state index in [1.807, 2.05) is 41.3 Å². The van der Waals surface area contributed by atoms with E-state index in [4.69, 9.17) is 16.3 Å². The zero-order chi connectivity index (χ0) is 22.5. The minimum absolute atomic E-state index is 0.182. The Morgan fingerprint density at radius 1 is 1.09 bits per heavy atom. The third-order valence-corrected chi connectivity index (χ3v) is 7.02. The molecule has 0 radical (unpaired) electrons. The lowest BCUT2D eigenvalue weighted by atomic mass is 9.82.